The molecule has 0 spiro atoms. The van der Waals surface area contributed by atoms with Gasteiger partial charge in [-0.25, -0.2) is 4.98 Å². The van der Waals surface area contributed by atoms with Gasteiger partial charge in [0.2, 0.25) is 0 Å². The molecule has 1 aliphatic rings. The molecule has 2 heterocycles. The maximum Gasteiger partial charge on any atom is 0.270 e. The van der Waals surface area contributed by atoms with E-state index in [0.29, 0.717) is 24.2 Å². The standard InChI is InChI=1S/C20H27N3O3S/c1-14(2)18(23-8-10-26-11-9-23)12-21-19(24)17-13-27-20(22-17)15-4-6-16(25-3)7-5-15/h4-7,13-14,18H,8-12H2,1-3H3,(H,21,24). The highest BCUT2D eigenvalue weighted by atomic mass is 32.1. The van der Waals surface area contributed by atoms with Crippen LogP contribution >= 0.6 is 11.3 Å². The van der Waals surface area contributed by atoms with Gasteiger partial charge in [0.1, 0.15) is 16.5 Å². The number of aromatic nitrogens is 1. The molecule has 1 aromatic carbocycles. The van der Waals surface area contributed by atoms with Gasteiger partial charge in [0, 0.05) is 36.6 Å². The third-order valence-electron chi connectivity index (χ3n) is 4.83. The summed E-state index contributed by atoms with van der Waals surface area (Å²) in [6.45, 7) is 8.34. The fourth-order valence-electron chi connectivity index (χ4n) is 3.23. The molecule has 1 amide bonds. The van der Waals surface area contributed by atoms with Crippen molar-refractivity contribution < 1.29 is 14.3 Å². The Hall–Kier alpha value is -1.96. The first kappa shape index (κ1) is 19.8. The van der Waals surface area contributed by atoms with Gasteiger partial charge in [-0.05, 0) is 30.2 Å². The summed E-state index contributed by atoms with van der Waals surface area (Å²) in [5, 5.41) is 5.71. The third kappa shape index (κ3) is 5.06. The van der Waals surface area contributed by atoms with Gasteiger partial charge in [-0.1, -0.05) is 13.8 Å². The monoisotopic (exact) mass is 389 g/mol. The molecule has 1 atom stereocenters. The Morgan fingerprint density at radius 2 is 2.00 bits per heavy atom. The quantitative estimate of drug-likeness (QED) is 0.789. The van der Waals surface area contributed by atoms with Gasteiger partial charge in [0.15, 0.2) is 0 Å². The first-order chi connectivity index (χ1) is 13.1. The van der Waals surface area contributed by atoms with Crippen molar-refractivity contribution in [1.82, 2.24) is 15.2 Å². The zero-order chi connectivity index (χ0) is 19.2. The van der Waals surface area contributed by atoms with Gasteiger partial charge in [-0.2, -0.15) is 0 Å². The number of methoxy groups -OCH3 is 1. The Balaban J connectivity index is 1.61. The van der Waals surface area contributed by atoms with Crippen LogP contribution in [0.5, 0.6) is 5.75 Å². The highest BCUT2D eigenvalue weighted by Crippen LogP contribution is 2.25. The summed E-state index contributed by atoms with van der Waals surface area (Å²) in [5.41, 5.74) is 1.45. The number of carbonyl (C=O) groups is 1. The van der Waals surface area contributed by atoms with Crippen molar-refractivity contribution >= 4 is 17.2 Å². The Kier molecular flexibility index (Phi) is 6.82. The minimum atomic E-state index is -0.120. The zero-order valence-corrected chi connectivity index (χ0v) is 16.9. The number of thiazole rings is 1. The second-order valence-corrected chi connectivity index (χ2v) is 7.79. The van der Waals surface area contributed by atoms with Crippen molar-refractivity contribution in [1.29, 1.82) is 0 Å². The number of hydrogen-bond acceptors (Lipinski definition) is 6. The molecule has 1 saturated heterocycles. The second-order valence-electron chi connectivity index (χ2n) is 6.94. The Bertz CT molecular complexity index is 739. The molecule has 27 heavy (non-hydrogen) atoms. The highest BCUT2D eigenvalue weighted by molar-refractivity contribution is 7.13. The number of rotatable bonds is 7. The average Bonchev–Trinajstić information content (AvgIpc) is 3.19. The molecule has 0 aliphatic carbocycles. The van der Waals surface area contributed by atoms with E-state index in [1.54, 1.807) is 7.11 Å². The van der Waals surface area contributed by atoms with Crippen molar-refractivity contribution in [2.24, 2.45) is 5.92 Å². The molecule has 2 aromatic rings. The zero-order valence-electron chi connectivity index (χ0n) is 16.1. The Morgan fingerprint density at radius 1 is 1.30 bits per heavy atom. The summed E-state index contributed by atoms with van der Waals surface area (Å²) in [4.78, 5) is 19.5. The fraction of sp³-hybridized carbons (Fsp3) is 0.500. The molecule has 1 unspecified atom stereocenters. The molecule has 146 valence electrons. The van der Waals surface area contributed by atoms with Crippen LogP contribution in [-0.4, -0.2) is 61.8 Å². The number of morpholine rings is 1. The summed E-state index contributed by atoms with van der Waals surface area (Å²) in [5.74, 6) is 1.13. The van der Waals surface area contributed by atoms with Gasteiger partial charge < -0.3 is 14.8 Å². The van der Waals surface area contributed by atoms with E-state index >= 15 is 0 Å². The molecule has 3 rings (SSSR count). The summed E-state index contributed by atoms with van der Waals surface area (Å²) in [6, 6.07) is 7.99. The number of amides is 1. The summed E-state index contributed by atoms with van der Waals surface area (Å²) >= 11 is 1.47. The highest BCUT2D eigenvalue weighted by Gasteiger charge is 2.24. The van der Waals surface area contributed by atoms with Gasteiger partial charge in [-0.15, -0.1) is 11.3 Å². The fourth-order valence-corrected chi connectivity index (χ4v) is 4.03. The van der Waals surface area contributed by atoms with E-state index in [1.165, 1.54) is 11.3 Å². The van der Waals surface area contributed by atoms with E-state index in [1.807, 2.05) is 29.6 Å². The van der Waals surface area contributed by atoms with Crippen LogP contribution in [0, 0.1) is 5.92 Å². The van der Waals surface area contributed by atoms with E-state index in [9.17, 15) is 4.79 Å². The number of nitrogens with zero attached hydrogens (tertiary/aromatic N) is 2. The van der Waals surface area contributed by atoms with Gasteiger partial charge in [0.25, 0.3) is 5.91 Å². The normalized spacial score (nSPS) is 16.3. The van der Waals surface area contributed by atoms with Crippen LogP contribution in [0.1, 0.15) is 24.3 Å². The van der Waals surface area contributed by atoms with Crippen LogP contribution in [0.4, 0.5) is 0 Å². The van der Waals surface area contributed by atoms with Crippen molar-refractivity contribution in [3.05, 3.63) is 35.3 Å². The number of ether oxygens (including phenoxy) is 2. The molecule has 0 saturated carbocycles. The van der Waals surface area contributed by atoms with Gasteiger partial charge in [-0.3, -0.25) is 9.69 Å². The lowest BCUT2D eigenvalue weighted by Crippen LogP contribution is -2.51. The number of carbonyl (C=O) groups excluding carboxylic acids is 1. The van der Waals surface area contributed by atoms with E-state index in [0.717, 1.165) is 42.6 Å². The predicted molar refractivity (Wildman–Crippen MR) is 107 cm³/mol. The summed E-state index contributed by atoms with van der Waals surface area (Å²) in [7, 11) is 1.64. The van der Waals surface area contributed by atoms with Crippen LogP contribution in [0.25, 0.3) is 10.6 Å². The first-order valence-electron chi connectivity index (χ1n) is 9.28. The maximum atomic E-state index is 12.6. The van der Waals surface area contributed by atoms with E-state index < -0.39 is 0 Å². The lowest BCUT2D eigenvalue weighted by atomic mass is 10.0. The number of hydrogen-bond donors (Lipinski definition) is 1. The van der Waals surface area contributed by atoms with Crippen LogP contribution in [0.3, 0.4) is 0 Å². The van der Waals surface area contributed by atoms with E-state index in [4.69, 9.17) is 9.47 Å². The topological polar surface area (TPSA) is 63.7 Å². The molecular weight excluding hydrogens is 362 g/mol. The molecule has 0 bridgehead atoms. The maximum absolute atomic E-state index is 12.6. The minimum absolute atomic E-state index is 0.120. The van der Waals surface area contributed by atoms with Gasteiger partial charge in [0.05, 0.1) is 20.3 Å². The van der Waals surface area contributed by atoms with Crippen LogP contribution in [-0.2, 0) is 4.74 Å². The van der Waals surface area contributed by atoms with Crippen LogP contribution < -0.4 is 10.1 Å². The van der Waals surface area contributed by atoms with Crippen molar-refractivity contribution in [2.45, 2.75) is 19.9 Å². The number of benzene rings is 1. The van der Waals surface area contributed by atoms with Crippen LogP contribution in [0.2, 0.25) is 0 Å². The lowest BCUT2D eigenvalue weighted by molar-refractivity contribution is 0.00671. The van der Waals surface area contributed by atoms with E-state index in [-0.39, 0.29) is 5.91 Å². The van der Waals surface area contributed by atoms with Gasteiger partial charge >= 0.3 is 0 Å². The molecule has 1 aliphatic heterocycles. The third-order valence-corrected chi connectivity index (χ3v) is 5.72. The molecule has 1 N–H and O–H groups in total. The molecular formula is C20H27N3O3S. The van der Waals surface area contributed by atoms with Crippen LogP contribution in [0.15, 0.2) is 29.6 Å². The van der Waals surface area contributed by atoms with Crippen molar-refractivity contribution in [3.8, 4) is 16.3 Å². The summed E-state index contributed by atoms with van der Waals surface area (Å²) in [6.07, 6.45) is 0. The minimum Gasteiger partial charge on any atom is -0.497 e. The number of nitrogens with one attached hydrogen (secondary N) is 1. The lowest BCUT2D eigenvalue weighted by Gasteiger charge is -2.36. The van der Waals surface area contributed by atoms with E-state index in [2.05, 4.69) is 29.0 Å². The Morgan fingerprint density at radius 3 is 2.63 bits per heavy atom. The molecule has 0 radical (unpaired) electrons. The molecule has 1 aromatic heterocycles. The largest absolute Gasteiger partial charge is 0.497 e. The average molecular weight is 390 g/mol. The molecule has 1 fully saturated rings. The molecule has 6 nitrogen and oxygen atoms in total. The molecule has 7 heteroatoms. The second kappa shape index (κ2) is 9.30. The summed E-state index contributed by atoms with van der Waals surface area (Å²) < 4.78 is 10.6. The Labute approximate surface area is 164 Å². The predicted octanol–water partition coefficient (Wildman–Crippen LogP) is 2.91. The SMILES string of the molecule is COc1ccc(-c2nc(C(=O)NCC(C(C)C)N3CCOCC3)cs2)cc1. The smallest absolute Gasteiger partial charge is 0.270 e. The van der Waals surface area contributed by atoms with Crippen molar-refractivity contribution in [3.63, 3.8) is 0 Å². The first-order valence-corrected chi connectivity index (χ1v) is 10.2. The van der Waals surface area contributed by atoms with Crippen molar-refractivity contribution in [2.75, 3.05) is 40.0 Å².